The Balaban J connectivity index is 2.23. The SMILES string of the molecule is C=NC=C(C=C(C)c1cc(OC(=C)C=CC(=CC)C(F)(F)F)n(CC)n1)C1(N)COC1. The molecule has 1 saturated heterocycles. The van der Waals surface area contributed by atoms with E-state index in [4.69, 9.17) is 15.2 Å². The van der Waals surface area contributed by atoms with Gasteiger partial charge in [0.2, 0.25) is 5.88 Å². The van der Waals surface area contributed by atoms with Crippen LogP contribution in [0.5, 0.6) is 5.88 Å². The molecule has 1 aromatic rings. The molecular formula is C22H27F3N4O2. The zero-order valence-electron chi connectivity index (χ0n) is 17.9. The fraction of sp³-hybridized carbons (Fsp3) is 0.364. The first-order valence-corrected chi connectivity index (χ1v) is 9.62. The molecule has 0 unspecified atom stereocenters. The maximum absolute atomic E-state index is 12.8. The standard InChI is InChI=1S/C22H27F3N4O2/c1-6-17(22(23,24)25)9-8-16(4)31-20-11-19(28-29(20)7-2)15(3)10-18(12-27-5)21(26)13-30-14-21/h6,8-12H,4-5,7,13-14,26H2,1-3H3. The number of ether oxygens (including phenoxy) is 2. The summed E-state index contributed by atoms with van der Waals surface area (Å²) in [7, 11) is 0. The average molecular weight is 436 g/mol. The summed E-state index contributed by atoms with van der Waals surface area (Å²) < 4.78 is 51.0. The Morgan fingerprint density at radius 1 is 1.42 bits per heavy atom. The van der Waals surface area contributed by atoms with Crippen molar-refractivity contribution in [3.8, 4) is 5.88 Å². The molecule has 0 atom stereocenters. The van der Waals surface area contributed by atoms with Crippen molar-refractivity contribution in [1.82, 2.24) is 9.78 Å². The molecule has 6 nitrogen and oxygen atoms in total. The lowest BCUT2D eigenvalue weighted by Gasteiger charge is -2.38. The van der Waals surface area contributed by atoms with E-state index >= 15 is 0 Å². The number of rotatable bonds is 9. The van der Waals surface area contributed by atoms with Gasteiger partial charge in [-0.15, -0.1) is 0 Å². The van der Waals surface area contributed by atoms with Crippen LogP contribution in [0, 0.1) is 0 Å². The molecule has 0 amide bonds. The lowest BCUT2D eigenvalue weighted by molar-refractivity contribution is -0.0883. The third kappa shape index (κ3) is 6.05. The Bertz CT molecular complexity index is 948. The third-order valence-corrected chi connectivity index (χ3v) is 4.67. The zero-order chi connectivity index (χ0) is 23.2. The van der Waals surface area contributed by atoms with Crippen LogP contribution in [0.15, 0.2) is 65.0 Å². The Hall–Kier alpha value is -2.91. The quantitative estimate of drug-likeness (QED) is 0.349. The number of hydrogen-bond acceptors (Lipinski definition) is 5. The van der Waals surface area contributed by atoms with Gasteiger partial charge in [-0.1, -0.05) is 18.7 Å². The van der Waals surface area contributed by atoms with E-state index in [0.29, 0.717) is 31.3 Å². The first-order valence-electron chi connectivity index (χ1n) is 9.62. The molecule has 1 aliphatic rings. The summed E-state index contributed by atoms with van der Waals surface area (Å²) in [6.45, 7) is 13.5. The van der Waals surface area contributed by atoms with Gasteiger partial charge >= 0.3 is 6.18 Å². The van der Waals surface area contributed by atoms with Crippen LogP contribution in [0.1, 0.15) is 26.5 Å². The molecule has 0 saturated carbocycles. The van der Waals surface area contributed by atoms with Crippen molar-refractivity contribution in [2.75, 3.05) is 13.2 Å². The van der Waals surface area contributed by atoms with E-state index in [0.717, 1.165) is 23.3 Å². The molecule has 0 aliphatic carbocycles. The fourth-order valence-electron chi connectivity index (χ4n) is 2.81. The average Bonchev–Trinajstić information content (AvgIpc) is 3.08. The molecule has 2 rings (SSSR count). The van der Waals surface area contributed by atoms with Crippen molar-refractivity contribution in [2.45, 2.75) is 39.0 Å². The number of nitrogens with zero attached hydrogens (tertiary/aromatic N) is 3. The third-order valence-electron chi connectivity index (χ3n) is 4.67. The number of aryl methyl sites for hydroxylation is 1. The summed E-state index contributed by atoms with van der Waals surface area (Å²) in [5, 5.41) is 4.49. The first kappa shape index (κ1) is 24.4. The van der Waals surface area contributed by atoms with Crippen LogP contribution in [-0.2, 0) is 11.3 Å². The zero-order valence-corrected chi connectivity index (χ0v) is 17.9. The van der Waals surface area contributed by atoms with E-state index in [9.17, 15) is 13.2 Å². The molecule has 31 heavy (non-hydrogen) atoms. The van der Waals surface area contributed by atoms with Crippen LogP contribution < -0.4 is 10.5 Å². The van der Waals surface area contributed by atoms with E-state index < -0.39 is 17.3 Å². The molecule has 0 bridgehead atoms. The maximum atomic E-state index is 12.8. The number of hydrogen-bond donors (Lipinski definition) is 1. The molecule has 0 radical (unpaired) electrons. The molecule has 2 heterocycles. The number of halogens is 3. The highest BCUT2D eigenvalue weighted by Gasteiger charge is 2.37. The molecule has 2 N–H and O–H groups in total. The van der Waals surface area contributed by atoms with Crippen LogP contribution in [0.3, 0.4) is 0 Å². The lowest BCUT2D eigenvalue weighted by Crippen LogP contribution is -2.58. The van der Waals surface area contributed by atoms with Crippen LogP contribution in [0.4, 0.5) is 13.2 Å². The summed E-state index contributed by atoms with van der Waals surface area (Å²) in [5.41, 5.74) is 7.08. The van der Waals surface area contributed by atoms with E-state index in [2.05, 4.69) is 23.4 Å². The number of aliphatic imine (C=N–C) groups is 1. The predicted octanol–water partition coefficient (Wildman–Crippen LogP) is 4.58. The van der Waals surface area contributed by atoms with Gasteiger partial charge in [0.15, 0.2) is 0 Å². The molecule has 1 aromatic heterocycles. The lowest BCUT2D eigenvalue weighted by atomic mass is 9.88. The van der Waals surface area contributed by atoms with Gasteiger partial charge in [0, 0.05) is 18.8 Å². The molecule has 0 aromatic carbocycles. The fourth-order valence-corrected chi connectivity index (χ4v) is 2.81. The Labute approximate surface area is 179 Å². The second kappa shape index (κ2) is 9.93. The van der Waals surface area contributed by atoms with Crippen molar-refractivity contribution < 1.29 is 22.6 Å². The second-order valence-electron chi connectivity index (χ2n) is 7.07. The Morgan fingerprint density at radius 2 is 2.10 bits per heavy atom. The minimum absolute atomic E-state index is 0.0513. The maximum Gasteiger partial charge on any atom is 0.416 e. The Morgan fingerprint density at radius 3 is 2.58 bits per heavy atom. The highest BCUT2D eigenvalue weighted by atomic mass is 19.4. The number of nitrogens with two attached hydrogens (primary N) is 1. The van der Waals surface area contributed by atoms with Crippen molar-refractivity contribution in [2.24, 2.45) is 10.7 Å². The predicted molar refractivity (Wildman–Crippen MR) is 116 cm³/mol. The minimum atomic E-state index is -4.44. The summed E-state index contributed by atoms with van der Waals surface area (Å²) in [6.07, 6.45) is 2.08. The van der Waals surface area contributed by atoms with Gasteiger partial charge in [-0.2, -0.15) is 18.3 Å². The van der Waals surface area contributed by atoms with Crippen LogP contribution >= 0.6 is 0 Å². The topological polar surface area (TPSA) is 74.7 Å². The molecule has 1 aliphatic heterocycles. The van der Waals surface area contributed by atoms with E-state index in [-0.39, 0.29) is 5.76 Å². The highest BCUT2D eigenvalue weighted by molar-refractivity contribution is 5.65. The van der Waals surface area contributed by atoms with Gasteiger partial charge in [-0.05, 0) is 50.8 Å². The summed E-state index contributed by atoms with van der Waals surface area (Å²) in [5.74, 6) is 0.408. The number of allylic oxidation sites excluding steroid dienone is 5. The molecule has 168 valence electrons. The van der Waals surface area contributed by atoms with Crippen molar-refractivity contribution in [1.29, 1.82) is 0 Å². The van der Waals surface area contributed by atoms with Crippen LogP contribution in [0.2, 0.25) is 0 Å². The Kier molecular flexibility index (Phi) is 7.80. The highest BCUT2D eigenvalue weighted by Crippen LogP contribution is 2.29. The van der Waals surface area contributed by atoms with Crippen molar-refractivity contribution in [3.05, 3.63) is 65.7 Å². The molecular weight excluding hydrogens is 409 g/mol. The summed E-state index contributed by atoms with van der Waals surface area (Å²) in [6, 6.07) is 1.69. The van der Waals surface area contributed by atoms with E-state index in [1.54, 1.807) is 16.9 Å². The van der Waals surface area contributed by atoms with E-state index in [1.807, 2.05) is 19.9 Å². The number of alkyl halides is 3. The summed E-state index contributed by atoms with van der Waals surface area (Å²) >= 11 is 0. The van der Waals surface area contributed by atoms with Crippen molar-refractivity contribution in [3.63, 3.8) is 0 Å². The van der Waals surface area contributed by atoms with Crippen LogP contribution in [-0.4, -0.2) is 41.4 Å². The first-order chi connectivity index (χ1) is 14.5. The molecule has 1 fully saturated rings. The van der Waals surface area contributed by atoms with E-state index in [1.165, 1.54) is 13.0 Å². The normalized spacial score (nSPS) is 17.6. The van der Waals surface area contributed by atoms with Gasteiger partial charge in [0.05, 0.1) is 30.0 Å². The second-order valence-corrected chi connectivity index (χ2v) is 7.07. The van der Waals surface area contributed by atoms with Gasteiger partial charge in [0.25, 0.3) is 0 Å². The molecule has 9 heteroatoms. The van der Waals surface area contributed by atoms with Gasteiger partial charge in [0.1, 0.15) is 5.76 Å². The van der Waals surface area contributed by atoms with Gasteiger partial charge in [-0.25, -0.2) is 4.68 Å². The van der Waals surface area contributed by atoms with Crippen molar-refractivity contribution >= 4 is 12.3 Å². The smallest absolute Gasteiger partial charge is 0.416 e. The minimum Gasteiger partial charge on any atom is -0.440 e. The van der Waals surface area contributed by atoms with Gasteiger partial charge in [-0.3, -0.25) is 4.99 Å². The van der Waals surface area contributed by atoms with Crippen LogP contribution in [0.25, 0.3) is 5.57 Å². The van der Waals surface area contributed by atoms with Gasteiger partial charge < -0.3 is 15.2 Å². The largest absolute Gasteiger partial charge is 0.440 e. The molecule has 0 spiro atoms. The number of aromatic nitrogens is 2. The monoisotopic (exact) mass is 436 g/mol. The summed E-state index contributed by atoms with van der Waals surface area (Å²) in [4.78, 5) is 3.82.